The van der Waals surface area contributed by atoms with E-state index >= 15 is 0 Å². The first-order chi connectivity index (χ1) is 11.7. The van der Waals surface area contributed by atoms with E-state index in [4.69, 9.17) is 16.3 Å². The normalized spacial score (nSPS) is 28.6. The van der Waals surface area contributed by atoms with Crippen LogP contribution in [-0.2, 0) is 14.9 Å². The smallest absolute Gasteiger partial charge is 0.233 e. The highest BCUT2D eigenvalue weighted by molar-refractivity contribution is 6.30. The molecule has 24 heavy (non-hydrogen) atoms. The maximum absolute atomic E-state index is 13.6. The summed E-state index contributed by atoms with van der Waals surface area (Å²) in [6.07, 6.45) is 8.27. The number of carbonyl (C=O) groups excluding carboxylic acids is 1. The van der Waals surface area contributed by atoms with Crippen LogP contribution in [0.3, 0.4) is 0 Å². The summed E-state index contributed by atoms with van der Waals surface area (Å²) in [4.78, 5) is 15.7. The molecule has 1 aromatic rings. The van der Waals surface area contributed by atoms with Crippen molar-refractivity contribution in [3.8, 4) is 0 Å². The summed E-state index contributed by atoms with van der Waals surface area (Å²) in [6, 6.07) is 7.85. The summed E-state index contributed by atoms with van der Waals surface area (Å²) < 4.78 is 5.57. The predicted molar refractivity (Wildman–Crippen MR) is 95.1 cm³/mol. The van der Waals surface area contributed by atoms with Crippen molar-refractivity contribution in [3.05, 3.63) is 47.0 Å². The average Bonchev–Trinajstić information content (AvgIpc) is 3.06. The number of rotatable bonds is 2. The van der Waals surface area contributed by atoms with Crippen LogP contribution in [0.5, 0.6) is 0 Å². The van der Waals surface area contributed by atoms with Crippen molar-refractivity contribution in [1.29, 1.82) is 0 Å². The molecule has 2 atom stereocenters. The molecule has 3 aliphatic rings. The summed E-state index contributed by atoms with van der Waals surface area (Å²) in [5, 5.41) is 0.699. The van der Waals surface area contributed by atoms with Gasteiger partial charge >= 0.3 is 0 Å². The van der Waals surface area contributed by atoms with Gasteiger partial charge in [-0.3, -0.25) is 4.79 Å². The standard InChI is InChI=1S/C20H24ClNO2/c21-18-7-3-6-17(12-18)20(8-10-24-11-9-20)19(23)22-13-15-4-1-2-5-16(15)14-22/h1-3,6-7,12,15-16H,4-5,8-11,13-14H2/t15-,16+. The Hall–Kier alpha value is -1.32. The number of allylic oxidation sites excluding steroid dienone is 2. The number of fused-ring (bicyclic) bond motifs is 1. The largest absolute Gasteiger partial charge is 0.381 e. The van der Waals surface area contributed by atoms with Gasteiger partial charge in [-0.05, 0) is 55.2 Å². The predicted octanol–water partition coefficient (Wildman–Crippen LogP) is 3.81. The number of hydrogen-bond acceptors (Lipinski definition) is 2. The van der Waals surface area contributed by atoms with Crippen molar-refractivity contribution < 1.29 is 9.53 Å². The minimum atomic E-state index is -0.468. The fourth-order valence-electron chi connectivity index (χ4n) is 4.62. The first-order valence-electron chi connectivity index (χ1n) is 8.97. The Bertz CT molecular complexity index is 635. The summed E-state index contributed by atoms with van der Waals surface area (Å²) >= 11 is 6.23. The number of amides is 1. The van der Waals surface area contributed by atoms with Crippen molar-refractivity contribution in [1.82, 2.24) is 4.90 Å². The number of nitrogens with zero attached hydrogens (tertiary/aromatic N) is 1. The quantitative estimate of drug-likeness (QED) is 0.763. The topological polar surface area (TPSA) is 29.5 Å². The SMILES string of the molecule is O=C(N1C[C@H]2CC=CC[C@H]2C1)C1(c2cccc(Cl)c2)CCOCC1. The molecular weight excluding hydrogens is 322 g/mol. The Labute approximate surface area is 148 Å². The van der Waals surface area contributed by atoms with Gasteiger partial charge in [0.15, 0.2) is 0 Å². The van der Waals surface area contributed by atoms with Gasteiger partial charge < -0.3 is 9.64 Å². The molecule has 2 heterocycles. The van der Waals surface area contributed by atoms with E-state index < -0.39 is 5.41 Å². The van der Waals surface area contributed by atoms with E-state index in [0.717, 1.165) is 44.3 Å². The van der Waals surface area contributed by atoms with Gasteiger partial charge in [0, 0.05) is 31.3 Å². The Morgan fingerprint density at radius 2 is 1.79 bits per heavy atom. The van der Waals surface area contributed by atoms with Gasteiger partial charge in [-0.1, -0.05) is 35.9 Å². The van der Waals surface area contributed by atoms with Crippen molar-refractivity contribution in [2.75, 3.05) is 26.3 Å². The van der Waals surface area contributed by atoms with Gasteiger partial charge in [-0.2, -0.15) is 0 Å². The number of hydrogen-bond donors (Lipinski definition) is 0. The highest BCUT2D eigenvalue weighted by atomic mass is 35.5. The summed E-state index contributed by atoms with van der Waals surface area (Å²) in [5.41, 5.74) is 0.584. The van der Waals surface area contributed by atoms with Crippen LogP contribution >= 0.6 is 11.6 Å². The maximum Gasteiger partial charge on any atom is 0.233 e. The van der Waals surface area contributed by atoms with E-state index in [0.29, 0.717) is 30.1 Å². The van der Waals surface area contributed by atoms with Crippen molar-refractivity contribution in [3.63, 3.8) is 0 Å². The molecule has 1 aliphatic carbocycles. The van der Waals surface area contributed by atoms with E-state index in [9.17, 15) is 4.79 Å². The lowest BCUT2D eigenvalue weighted by Crippen LogP contribution is -2.49. The number of likely N-dealkylation sites (tertiary alicyclic amines) is 1. The maximum atomic E-state index is 13.6. The first-order valence-corrected chi connectivity index (χ1v) is 9.35. The molecule has 0 saturated carbocycles. The van der Waals surface area contributed by atoms with Crippen molar-refractivity contribution in [2.24, 2.45) is 11.8 Å². The van der Waals surface area contributed by atoms with Crippen LogP contribution in [0.15, 0.2) is 36.4 Å². The molecule has 3 nitrogen and oxygen atoms in total. The molecule has 128 valence electrons. The fraction of sp³-hybridized carbons (Fsp3) is 0.550. The second-order valence-electron chi connectivity index (χ2n) is 7.38. The van der Waals surface area contributed by atoms with Crippen LogP contribution in [0.1, 0.15) is 31.2 Å². The van der Waals surface area contributed by atoms with Crippen LogP contribution in [-0.4, -0.2) is 37.1 Å². The highest BCUT2D eigenvalue weighted by Gasteiger charge is 2.47. The lowest BCUT2D eigenvalue weighted by Gasteiger charge is -2.39. The molecule has 4 heteroatoms. The minimum Gasteiger partial charge on any atom is -0.381 e. The molecule has 2 saturated heterocycles. The Morgan fingerprint density at radius 3 is 2.42 bits per heavy atom. The molecule has 0 radical (unpaired) electrons. The summed E-state index contributed by atoms with van der Waals surface area (Å²) in [6.45, 7) is 3.08. The second kappa shape index (κ2) is 6.53. The zero-order valence-corrected chi connectivity index (χ0v) is 14.7. The average molecular weight is 346 g/mol. The van der Waals surface area contributed by atoms with Crippen LogP contribution < -0.4 is 0 Å². The molecule has 0 N–H and O–H groups in total. The molecule has 1 aromatic carbocycles. The Balaban J connectivity index is 1.63. The molecule has 0 spiro atoms. The molecule has 0 bridgehead atoms. The lowest BCUT2D eigenvalue weighted by atomic mass is 9.73. The van der Waals surface area contributed by atoms with Crippen LogP contribution in [0, 0.1) is 11.8 Å². The third kappa shape index (κ3) is 2.78. The fourth-order valence-corrected chi connectivity index (χ4v) is 4.81. The van der Waals surface area contributed by atoms with E-state index in [1.807, 2.05) is 18.2 Å². The number of halogens is 1. The number of carbonyl (C=O) groups is 1. The zero-order chi connectivity index (χ0) is 16.6. The second-order valence-corrected chi connectivity index (χ2v) is 7.81. The monoisotopic (exact) mass is 345 g/mol. The third-order valence-corrected chi connectivity index (χ3v) is 6.28. The van der Waals surface area contributed by atoms with Gasteiger partial charge in [0.25, 0.3) is 0 Å². The first kappa shape index (κ1) is 16.2. The van der Waals surface area contributed by atoms with Crippen molar-refractivity contribution >= 4 is 17.5 Å². The van der Waals surface area contributed by atoms with E-state index in [1.165, 1.54) is 0 Å². The molecule has 4 rings (SSSR count). The summed E-state index contributed by atoms with van der Waals surface area (Å²) in [5.74, 6) is 1.55. The van der Waals surface area contributed by atoms with E-state index in [2.05, 4.69) is 23.1 Å². The molecule has 0 aromatic heterocycles. The zero-order valence-electron chi connectivity index (χ0n) is 13.9. The Kier molecular flexibility index (Phi) is 4.40. The van der Waals surface area contributed by atoms with Crippen molar-refractivity contribution in [2.45, 2.75) is 31.1 Å². The van der Waals surface area contributed by atoms with Crippen LogP contribution in [0.25, 0.3) is 0 Å². The Morgan fingerprint density at radius 1 is 1.12 bits per heavy atom. The minimum absolute atomic E-state index is 0.280. The van der Waals surface area contributed by atoms with Gasteiger partial charge in [-0.25, -0.2) is 0 Å². The van der Waals surface area contributed by atoms with Gasteiger partial charge in [0.05, 0.1) is 5.41 Å². The van der Waals surface area contributed by atoms with E-state index in [-0.39, 0.29) is 5.91 Å². The molecule has 1 amide bonds. The van der Waals surface area contributed by atoms with Crippen LogP contribution in [0.4, 0.5) is 0 Å². The highest BCUT2D eigenvalue weighted by Crippen LogP contribution is 2.41. The van der Waals surface area contributed by atoms with Gasteiger partial charge in [0.2, 0.25) is 5.91 Å². The number of ether oxygens (including phenoxy) is 1. The van der Waals surface area contributed by atoms with Crippen LogP contribution in [0.2, 0.25) is 5.02 Å². The number of benzene rings is 1. The van der Waals surface area contributed by atoms with Gasteiger partial charge in [-0.15, -0.1) is 0 Å². The summed E-state index contributed by atoms with van der Waals surface area (Å²) in [7, 11) is 0. The molecule has 2 fully saturated rings. The van der Waals surface area contributed by atoms with E-state index in [1.54, 1.807) is 0 Å². The van der Waals surface area contributed by atoms with Gasteiger partial charge in [0.1, 0.15) is 0 Å². The lowest BCUT2D eigenvalue weighted by molar-refractivity contribution is -0.140. The molecule has 2 aliphatic heterocycles. The molecule has 0 unspecified atom stereocenters. The molecular formula is C20H24ClNO2. The third-order valence-electron chi connectivity index (χ3n) is 6.04.